The minimum Gasteiger partial charge on any atom is -0.444 e. The third kappa shape index (κ3) is 8.13. The topological polar surface area (TPSA) is 87.7 Å². The molecule has 0 saturated heterocycles. The summed E-state index contributed by atoms with van der Waals surface area (Å²) in [6.45, 7) is 13.1. The largest absolute Gasteiger partial charge is 0.444 e. The number of para-hydroxylation sites is 1. The Labute approximate surface area is 255 Å². The number of aryl methyl sites for hydroxylation is 2. The van der Waals surface area contributed by atoms with Crippen LogP contribution >= 0.6 is 0 Å². The summed E-state index contributed by atoms with van der Waals surface area (Å²) >= 11 is 0. The normalized spacial score (nSPS) is 14.5. The van der Waals surface area contributed by atoms with Crippen molar-refractivity contribution in [3.05, 3.63) is 107 Å². The van der Waals surface area contributed by atoms with Gasteiger partial charge in [0.1, 0.15) is 17.7 Å². The molecule has 1 aliphatic rings. The second-order valence-corrected chi connectivity index (χ2v) is 12.3. The van der Waals surface area contributed by atoms with Crippen molar-refractivity contribution < 1.29 is 19.1 Å². The molecule has 0 spiro atoms. The van der Waals surface area contributed by atoms with Crippen molar-refractivity contribution in [3.63, 3.8) is 0 Å². The van der Waals surface area contributed by atoms with Gasteiger partial charge in [0.05, 0.1) is 0 Å². The molecule has 1 fully saturated rings. The number of anilines is 1. The Bertz CT molecular complexity index is 1440. The van der Waals surface area contributed by atoms with E-state index in [1.807, 2.05) is 86.6 Å². The highest BCUT2D eigenvalue weighted by Crippen LogP contribution is 2.35. The van der Waals surface area contributed by atoms with E-state index in [1.54, 1.807) is 31.7 Å². The van der Waals surface area contributed by atoms with Crippen molar-refractivity contribution in [2.45, 2.75) is 84.0 Å². The lowest BCUT2D eigenvalue weighted by atomic mass is 9.87. The van der Waals surface area contributed by atoms with E-state index in [0.29, 0.717) is 5.56 Å². The maximum atomic E-state index is 14.7. The van der Waals surface area contributed by atoms with Crippen LogP contribution in [-0.2, 0) is 20.7 Å². The molecule has 3 amide bonds. The number of carbonyl (C=O) groups is 3. The van der Waals surface area contributed by atoms with Crippen LogP contribution in [-0.4, -0.2) is 40.5 Å². The molecule has 0 heterocycles. The Hall–Kier alpha value is -4.39. The third-order valence-corrected chi connectivity index (χ3v) is 7.71. The number of hydrogen-bond acceptors (Lipinski definition) is 4. The molecule has 0 aromatic heterocycles. The van der Waals surface area contributed by atoms with E-state index in [4.69, 9.17) is 4.74 Å². The Morgan fingerprint density at radius 3 is 2.21 bits per heavy atom. The third-order valence-electron chi connectivity index (χ3n) is 7.71. The summed E-state index contributed by atoms with van der Waals surface area (Å²) in [6, 6.07) is 20.9. The summed E-state index contributed by atoms with van der Waals surface area (Å²) in [6.07, 6.45) is 3.78. The zero-order valence-electron chi connectivity index (χ0n) is 25.9. The number of hydrogen-bond donors (Lipinski definition) is 2. The quantitative estimate of drug-likeness (QED) is 0.266. The van der Waals surface area contributed by atoms with E-state index in [2.05, 4.69) is 17.2 Å². The van der Waals surface area contributed by atoms with Gasteiger partial charge in [0.15, 0.2) is 0 Å². The highest BCUT2D eigenvalue weighted by Gasteiger charge is 2.42. The zero-order valence-corrected chi connectivity index (χ0v) is 25.9. The number of ether oxygens (including phenoxy) is 1. The fraction of sp³-hybridized carbons (Fsp3) is 0.361. The van der Waals surface area contributed by atoms with Gasteiger partial charge in [-0.15, -0.1) is 0 Å². The first-order valence-electron chi connectivity index (χ1n) is 14.9. The maximum Gasteiger partial charge on any atom is 0.408 e. The number of benzene rings is 3. The van der Waals surface area contributed by atoms with Gasteiger partial charge >= 0.3 is 6.09 Å². The first kappa shape index (κ1) is 31.5. The number of carbonyl (C=O) groups excluding carboxylic acids is 3. The maximum absolute atomic E-state index is 14.7. The second kappa shape index (κ2) is 13.7. The number of alkyl carbamates (subject to hydrolysis) is 1. The molecule has 3 aromatic rings. The van der Waals surface area contributed by atoms with Gasteiger partial charge in [-0.1, -0.05) is 79.4 Å². The molecular formula is C36H43N3O4. The summed E-state index contributed by atoms with van der Waals surface area (Å²) in [5.41, 5.74) is 4.26. The van der Waals surface area contributed by atoms with Crippen LogP contribution in [0.15, 0.2) is 79.4 Å². The molecular weight excluding hydrogens is 538 g/mol. The molecule has 7 heteroatoms. The number of nitrogens with one attached hydrogen (secondary N) is 2. The summed E-state index contributed by atoms with van der Waals surface area (Å²) in [5.74, 6) is -0.639. The molecule has 2 N–H and O–H groups in total. The van der Waals surface area contributed by atoms with Gasteiger partial charge < -0.3 is 20.3 Å². The summed E-state index contributed by atoms with van der Waals surface area (Å²) < 4.78 is 5.55. The molecule has 1 saturated carbocycles. The number of amides is 3. The van der Waals surface area contributed by atoms with Crippen LogP contribution in [0.5, 0.6) is 0 Å². The average molecular weight is 582 g/mol. The predicted molar refractivity (Wildman–Crippen MR) is 172 cm³/mol. The van der Waals surface area contributed by atoms with E-state index in [0.717, 1.165) is 47.2 Å². The van der Waals surface area contributed by atoms with Crippen LogP contribution in [0.2, 0.25) is 0 Å². The highest BCUT2D eigenvalue weighted by atomic mass is 16.6. The van der Waals surface area contributed by atoms with Crippen molar-refractivity contribution in [1.29, 1.82) is 0 Å². The Morgan fingerprint density at radius 2 is 1.63 bits per heavy atom. The monoisotopic (exact) mass is 581 g/mol. The number of nitrogens with zero attached hydrogens (tertiary/aromatic N) is 1. The van der Waals surface area contributed by atoms with Crippen molar-refractivity contribution in [3.8, 4) is 0 Å². The lowest BCUT2D eigenvalue weighted by molar-refractivity contribution is -0.145. The fourth-order valence-corrected chi connectivity index (χ4v) is 5.36. The summed E-state index contributed by atoms with van der Waals surface area (Å²) in [4.78, 5) is 43.8. The van der Waals surface area contributed by atoms with Gasteiger partial charge in [-0.3, -0.25) is 9.59 Å². The van der Waals surface area contributed by atoms with Gasteiger partial charge in [0.2, 0.25) is 5.91 Å². The van der Waals surface area contributed by atoms with Crippen LogP contribution in [0.1, 0.15) is 73.9 Å². The van der Waals surface area contributed by atoms with Gasteiger partial charge in [0, 0.05) is 18.2 Å². The Balaban J connectivity index is 1.78. The molecule has 3 aromatic carbocycles. The summed E-state index contributed by atoms with van der Waals surface area (Å²) in [5, 5.41) is 5.98. The standard InChI is InChI=1S/C36H43N3O4/c1-7-26-18-12-19-28(22-26)32(33(40)38-31-24(2)14-11-15-25(31)3)39(29-20-13-21-29)34(41)30(23-27-16-9-8-10-17-27)37-35(42)43-36(4,5)6/h7-12,14-19,22,29-30,32H,1,13,20-21,23H2,2-6H3,(H,37,42)(H,38,40). The van der Waals surface area contributed by atoms with Crippen LogP contribution in [0.4, 0.5) is 10.5 Å². The van der Waals surface area contributed by atoms with E-state index >= 15 is 0 Å². The molecule has 0 aliphatic heterocycles. The van der Waals surface area contributed by atoms with Crippen LogP contribution in [0.25, 0.3) is 6.08 Å². The minimum atomic E-state index is -0.948. The van der Waals surface area contributed by atoms with Crippen molar-refractivity contribution in [2.75, 3.05) is 5.32 Å². The average Bonchev–Trinajstić information content (AvgIpc) is 2.92. The van der Waals surface area contributed by atoms with Crippen molar-refractivity contribution in [2.24, 2.45) is 0 Å². The molecule has 4 rings (SSSR count). The molecule has 226 valence electrons. The van der Waals surface area contributed by atoms with E-state index in [-0.39, 0.29) is 24.3 Å². The molecule has 2 unspecified atom stereocenters. The van der Waals surface area contributed by atoms with E-state index in [9.17, 15) is 14.4 Å². The van der Waals surface area contributed by atoms with Crippen LogP contribution in [0.3, 0.4) is 0 Å². The van der Waals surface area contributed by atoms with Crippen molar-refractivity contribution in [1.82, 2.24) is 10.2 Å². The van der Waals surface area contributed by atoms with Crippen LogP contribution in [0, 0.1) is 13.8 Å². The lowest BCUT2D eigenvalue weighted by Gasteiger charge is -2.43. The van der Waals surface area contributed by atoms with E-state index < -0.39 is 23.8 Å². The van der Waals surface area contributed by atoms with Crippen molar-refractivity contribution >= 4 is 29.7 Å². The smallest absolute Gasteiger partial charge is 0.408 e. The molecule has 7 nitrogen and oxygen atoms in total. The minimum absolute atomic E-state index is 0.160. The molecule has 2 atom stereocenters. The second-order valence-electron chi connectivity index (χ2n) is 12.3. The highest BCUT2D eigenvalue weighted by molar-refractivity contribution is 6.00. The summed E-state index contributed by atoms with van der Waals surface area (Å²) in [7, 11) is 0. The van der Waals surface area contributed by atoms with Gasteiger partial charge in [0.25, 0.3) is 5.91 Å². The van der Waals surface area contributed by atoms with Crippen LogP contribution < -0.4 is 10.6 Å². The van der Waals surface area contributed by atoms with E-state index in [1.165, 1.54) is 0 Å². The Morgan fingerprint density at radius 1 is 0.977 bits per heavy atom. The van der Waals surface area contributed by atoms with Gasteiger partial charge in [-0.05, 0) is 87.8 Å². The van der Waals surface area contributed by atoms with Gasteiger partial charge in [-0.25, -0.2) is 4.79 Å². The first-order chi connectivity index (χ1) is 20.5. The number of rotatable bonds is 10. The Kier molecular flexibility index (Phi) is 10.1. The van der Waals surface area contributed by atoms with Gasteiger partial charge in [-0.2, -0.15) is 0 Å². The fourth-order valence-electron chi connectivity index (χ4n) is 5.36. The lowest BCUT2D eigenvalue weighted by Crippen LogP contribution is -2.57. The molecule has 0 bridgehead atoms. The SMILES string of the molecule is C=Cc1cccc(C(C(=O)Nc2c(C)cccc2C)N(C(=O)C(Cc2ccccc2)NC(=O)OC(C)(C)C)C2CCC2)c1. The molecule has 43 heavy (non-hydrogen) atoms. The zero-order chi connectivity index (χ0) is 31.1. The first-order valence-corrected chi connectivity index (χ1v) is 14.9. The molecule has 1 aliphatic carbocycles. The molecule has 0 radical (unpaired) electrons. The predicted octanol–water partition coefficient (Wildman–Crippen LogP) is 7.14.